The summed E-state index contributed by atoms with van der Waals surface area (Å²) in [6, 6.07) is 0. The molecule has 68 valence electrons. The van der Waals surface area contributed by atoms with E-state index in [0.717, 1.165) is 11.4 Å². The van der Waals surface area contributed by atoms with E-state index >= 15 is 0 Å². The fourth-order valence-corrected chi connectivity index (χ4v) is 1.27. The topological polar surface area (TPSA) is 66.5 Å². The third kappa shape index (κ3) is 1.18. The molecule has 1 aliphatic heterocycles. The van der Waals surface area contributed by atoms with Crippen molar-refractivity contribution < 1.29 is 9.53 Å². The number of nitrogens with zero attached hydrogens (tertiary/aromatic N) is 1. The summed E-state index contributed by atoms with van der Waals surface area (Å²) in [6.45, 7) is 0.569. The molecule has 0 aromatic carbocycles. The average molecular weight is 179 g/mol. The van der Waals surface area contributed by atoms with Gasteiger partial charge in [-0.15, -0.1) is 0 Å². The number of carbonyl (C=O) groups is 1. The van der Waals surface area contributed by atoms with Crippen LogP contribution in [-0.2, 0) is 11.3 Å². The Morgan fingerprint density at radius 2 is 2.54 bits per heavy atom. The lowest BCUT2D eigenvalue weighted by Gasteiger charge is -2.08. The maximum absolute atomic E-state index is 11.2. The van der Waals surface area contributed by atoms with Gasteiger partial charge in [0.15, 0.2) is 0 Å². The number of ether oxygens (including phenoxy) is 1. The van der Waals surface area contributed by atoms with Crippen molar-refractivity contribution in [2.75, 3.05) is 12.4 Å². The number of aromatic amines is 1. The van der Waals surface area contributed by atoms with Gasteiger partial charge in [0.2, 0.25) is 0 Å². The summed E-state index contributed by atoms with van der Waals surface area (Å²) in [6.07, 6.45) is 3.20. The highest BCUT2D eigenvalue weighted by Crippen LogP contribution is 2.23. The van der Waals surface area contributed by atoms with E-state index in [2.05, 4.69) is 20.0 Å². The second kappa shape index (κ2) is 2.93. The number of methoxy groups -OCH3 is 1. The Labute approximate surface area is 74.8 Å². The van der Waals surface area contributed by atoms with E-state index in [1.165, 1.54) is 7.11 Å². The van der Waals surface area contributed by atoms with Crippen molar-refractivity contribution >= 4 is 18.0 Å². The van der Waals surface area contributed by atoms with Gasteiger partial charge in [0, 0.05) is 6.20 Å². The van der Waals surface area contributed by atoms with E-state index in [9.17, 15) is 4.79 Å². The molecule has 2 N–H and O–H groups in total. The van der Waals surface area contributed by atoms with Gasteiger partial charge in [-0.3, -0.25) is 4.99 Å². The van der Waals surface area contributed by atoms with Crippen LogP contribution in [0.2, 0.25) is 0 Å². The summed E-state index contributed by atoms with van der Waals surface area (Å²) in [7, 11) is 1.36. The molecule has 0 fully saturated rings. The first-order chi connectivity index (χ1) is 6.33. The van der Waals surface area contributed by atoms with Crippen LogP contribution in [0, 0.1) is 0 Å². The maximum Gasteiger partial charge on any atom is 0.341 e. The zero-order valence-corrected chi connectivity index (χ0v) is 7.13. The molecule has 0 aliphatic carbocycles. The molecule has 2 rings (SSSR count). The Kier molecular flexibility index (Phi) is 1.77. The number of fused-ring (bicyclic) bond motifs is 1. The van der Waals surface area contributed by atoms with Crippen molar-refractivity contribution in [1.82, 2.24) is 4.98 Å². The highest BCUT2D eigenvalue weighted by atomic mass is 16.5. The van der Waals surface area contributed by atoms with Gasteiger partial charge in [0.25, 0.3) is 0 Å². The van der Waals surface area contributed by atoms with Crippen LogP contribution in [0.15, 0.2) is 11.2 Å². The molecule has 1 aromatic heterocycles. The molecule has 0 saturated heterocycles. The van der Waals surface area contributed by atoms with E-state index in [4.69, 9.17) is 0 Å². The number of esters is 1. The molecule has 5 heteroatoms. The summed E-state index contributed by atoms with van der Waals surface area (Å²) in [5, 5.41) is 2.90. The molecule has 0 spiro atoms. The van der Waals surface area contributed by atoms with Crippen LogP contribution in [0.3, 0.4) is 0 Å². The molecule has 5 nitrogen and oxygen atoms in total. The number of H-pyrrole nitrogens is 1. The first kappa shape index (κ1) is 7.85. The monoisotopic (exact) mass is 179 g/mol. The standard InChI is InChI=1S/C8H9N3O2/c1-13-8(12)5-2-10-6-3-9-4-11-7(5)6/h2,4,10H,3H2,1H3,(H,9,11). The van der Waals surface area contributed by atoms with Gasteiger partial charge < -0.3 is 15.0 Å². The first-order valence-corrected chi connectivity index (χ1v) is 3.86. The SMILES string of the molecule is COC(=O)c1c[nH]c2c1NC=NC2. The number of nitrogens with one attached hydrogen (secondary N) is 2. The number of carbonyl (C=O) groups excluding carboxylic acids is 1. The number of anilines is 1. The van der Waals surface area contributed by atoms with Gasteiger partial charge in [0.05, 0.1) is 31.4 Å². The van der Waals surface area contributed by atoms with E-state index < -0.39 is 0 Å². The minimum Gasteiger partial charge on any atom is -0.465 e. The van der Waals surface area contributed by atoms with E-state index in [-0.39, 0.29) is 5.97 Å². The van der Waals surface area contributed by atoms with Crippen LogP contribution < -0.4 is 5.32 Å². The van der Waals surface area contributed by atoms with Crippen molar-refractivity contribution in [1.29, 1.82) is 0 Å². The van der Waals surface area contributed by atoms with Crippen molar-refractivity contribution in [2.24, 2.45) is 4.99 Å². The summed E-state index contributed by atoms with van der Waals surface area (Å²) in [5.41, 5.74) is 2.19. The van der Waals surface area contributed by atoms with Crippen molar-refractivity contribution in [2.45, 2.75) is 6.54 Å². The van der Waals surface area contributed by atoms with Gasteiger partial charge in [-0.05, 0) is 0 Å². The summed E-state index contributed by atoms with van der Waals surface area (Å²) < 4.78 is 4.62. The van der Waals surface area contributed by atoms with Crippen LogP contribution in [-0.4, -0.2) is 24.4 Å². The summed E-state index contributed by atoms with van der Waals surface area (Å²) >= 11 is 0. The second-order valence-corrected chi connectivity index (χ2v) is 2.66. The second-order valence-electron chi connectivity index (χ2n) is 2.66. The fourth-order valence-electron chi connectivity index (χ4n) is 1.27. The fraction of sp³-hybridized carbons (Fsp3) is 0.250. The Bertz CT molecular complexity index is 367. The summed E-state index contributed by atoms with van der Waals surface area (Å²) in [5.74, 6) is -0.347. The lowest BCUT2D eigenvalue weighted by molar-refractivity contribution is 0.0602. The molecule has 0 atom stereocenters. The molecule has 0 bridgehead atoms. The molecular weight excluding hydrogens is 170 g/mol. The maximum atomic E-state index is 11.2. The average Bonchev–Trinajstić information content (AvgIpc) is 2.60. The highest BCUT2D eigenvalue weighted by Gasteiger charge is 2.18. The quantitative estimate of drug-likeness (QED) is 0.625. The molecule has 0 saturated carbocycles. The third-order valence-corrected chi connectivity index (χ3v) is 1.92. The smallest absolute Gasteiger partial charge is 0.341 e. The number of aliphatic imine (C=N–C) groups is 1. The predicted molar refractivity (Wildman–Crippen MR) is 48.0 cm³/mol. The summed E-state index contributed by atoms with van der Waals surface area (Å²) in [4.78, 5) is 18.2. The molecule has 0 unspecified atom stereocenters. The van der Waals surface area contributed by atoms with Gasteiger partial charge in [-0.2, -0.15) is 0 Å². The van der Waals surface area contributed by atoms with Crippen molar-refractivity contribution in [3.63, 3.8) is 0 Å². The molecule has 2 heterocycles. The molecular formula is C8H9N3O2. The normalized spacial score (nSPS) is 13.3. The van der Waals surface area contributed by atoms with Gasteiger partial charge in [0.1, 0.15) is 5.56 Å². The third-order valence-electron chi connectivity index (χ3n) is 1.92. The Morgan fingerprint density at radius 1 is 1.69 bits per heavy atom. The molecule has 1 aliphatic rings. The Morgan fingerprint density at radius 3 is 3.31 bits per heavy atom. The van der Waals surface area contributed by atoms with Crippen molar-refractivity contribution in [3.05, 3.63) is 17.5 Å². The Hall–Kier alpha value is -1.78. The first-order valence-electron chi connectivity index (χ1n) is 3.86. The molecule has 0 amide bonds. The zero-order chi connectivity index (χ0) is 9.26. The van der Waals surface area contributed by atoms with Gasteiger partial charge in [-0.1, -0.05) is 0 Å². The predicted octanol–water partition coefficient (Wildman–Crippen LogP) is 0.755. The lowest BCUT2D eigenvalue weighted by atomic mass is 10.2. The van der Waals surface area contributed by atoms with Crippen LogP contribution in [0.1, 0.15) is 16.1 Å². The molecule has 0 radical (unpaired) electrons. The number of hydrogen-bond donors (Lipinski definition) is 2. The number of rotatable bonds is 1. The van der Waals surface area contributed by atoms with E-state index in [1.807, 2.05) is 0 Å². The van der Waals surface area contributed by atoms with Gasteiger partial charge >= 0.3 is 5.97 Å². The Balaban J connectivity index is 2.39. The van der Waals surface area contributed by atoms with Crippen LogP contribution in [0.5, 0.6) is 0 Å². The van der Waals surface area contributed by atoms with E-state index in [0.29, 0.717) is 12.1 Å². The number of aromatic nitrogens is 1. The van der Waals surface area contributed by atoms with Gasteiger partial charge in [-0.25, -0.2) is 4.79 Å². The van der Waals surface area contributed by atoms with Crippen molar-refractivity contribution in [3.8, 4) is 0 Å². The molecule has 13 heavy (non-hydrogen) atoms. The molecule has 1 aromatic rings. The van der Waals surface area contributed by atoms with Crippen LogP contribution in [0.4, 0.5) is 5.69 Å². The number of hydrogen-bond acceptors (Lipinski definition) is 4. The van der Waals surface area contributed by atoms with Crippen LogP contribution in [0.25, 0.3) is 0 Å². The van der Waals surface area contributed by atoms with Crippen LogP contribution >= 0.6 is 0 Å². The van der Waals surface area contributed by atoms with E-state index in [1.54, 1.807) is 12.5 Å². The highest BCUT2D eigenvalue weighted by molar-refractivity contribution is 5.99. The minimum absolute atomic E-state index is 0.347. The lowest BCUT2D eigenvalue weighted by Crippen LogP contribution is -2.08. The largest absolute Gasteiger partial charge is 0.465 e. The zero-order valence-electron chi connectivity index (χ0n) is 7.13. The minimum atomic E-state index is -0.347.